The van der Waals surface area contributed by atoms with Crippen LogP contribution in [0.25, 0.3) is 0 Å². The third-order valence-electron chi connectivity index (χ3n) is 3.27. The highest BCUT2D eigenvalue weighted by Gasteiger charge is 2.14. The van der Waals surface area contributed by atoms with Crippen molar-refractivity contribution in [1.82, 2.24) is 9.88 Å². The summed E-state index contributed by atoms with van der Waals surface area (Å²) in [7, 11) is 3.39. The largest absolute Gasteiger partial charge is 0.345 e. The molecule has 0 unspecified atom stereocenters. The minimum Gasteiger partial charge on any atom is -0.345 e. The van der Waals surface area contributed by atoms with Crippen LogP contribution in [0.2, 0.25) is 0 Å². The van der Waals surface area contributed by atoms with Crippen LogP contribution in [-0.2, 0) is 6.42 Å². The summed E-state index contributed by atoms with van der Waals surface area (Å²) in [5.74, 6) is -0.394. The lowest BCUT2D eigenvalue weighted by Crippen LogP contribution is -2.23. The van der Waals surface area contributed by atoms with E-state index in [0.717, 1.165) is 10.6 Å². The van der Waals surface area contributed by atoms with E-state index < -0.39 is 0 Å². The lowest BCUT2D eigenvalue weighted by molar-refractivity contribution is 0.0826. The number of anilines is 1. The smallest absolute Gasteiger partial charge is 0.275 e. The minimum absolute atomic E-state index is 0. The Morgan fingerprint density at radius 3 is 2.67 bits per heavy atom. The average molecular weight is 369 g/mol. The van der Waals surface area contributed by atoms with Crippen LogP contribution in [0.5, 0.6) is 0 Å². The van der Waals surface area contributed by atoms with E-state index in [-0.39, 0.29) is 24.2 Å². The fourth-order valence-corrected chi connectivity index (χ4v) is 2.81. The van der Waals surface area contributed by atoms with E-state index in [2.05, 4.69) is 10.3 Å². The van der Waals surface area contributed by atoms with Gasteiger partial charge in [0.25, 0.3) is 11.8 Å². The standard InChI is InChI=1S/C16H20N4O2S.ClH/c1-10-4-5-11(8-12(10)16(22)20(2)3)18-15(21)13-9-23-14(19-13)6-7-17;/h4-5,8-9H,6-7,17H2,1-3H3,(H,18,21);1H. The molecular weight excluding hydrogens is 348 g/mol. The first kappa shape index (κ1) is 20.1. The number of rotatable bonds is 5. The van der Waals surface area contributed by atoms with E-state index in [9.17, 15) is 9.59 Å². The summed E-state index contributed by atoms with van der Waals surface area (Å²) < 4.78 is 0. The molecule has 2 amide bonds. The van der Waals surface area contributed by atoms with Gasteiger partial charge >= 0.3 is 0 Å². The molecule has 0 aliphatic heterocycles. The third-order valence-corrected chi connectivity index (χ3v) is 4.18. The van der Waals surface area contributed by atoms with Crippen LogP contribution < -0.4 is 11.1 Å². The van der Waals surface area contributed by atoms with Gasteiger partial charge in [-0.25, -0.2) is 4.98 Å². The van der Waals surface area contributed by atoms with Gasteiger partial charge in [0.15, 0.2) is 0 Å². The van der Waals surface area contributed by atoms with Crippen LogP contribution in [0.3, 0.4) is 0 Å². The molecule has 0 aliphatic carbocycles. The van der Waals surface area contributed by atoms with E-state index in [4.69, 9.17) is 5.73 Å². The molecule has 3 N–H and O–H groups in total. The highest BCUT2D eigenvalue weighted by Crippen LogP contribution is 2.18. The summed E-state index contributed by atoms with van der Waals surface area (Å²) in [6.45, 7) is 2.37. The van der Waals surface area contributed by atoms with E-state index >= 15 is 0 Å². The number of nitrogens with two attached hydrogens (primary N) is 1. The number of amides is 2. The number of thiazole rings is 1. The summed E-state index contributed by atoms with van der Waals surface area (Å²) in [5.41, 5.74) is 7.84. The molecule has 0 saturated heterocycles. The molecule has 0 saturated carbocycles. The van der Waals surface area contributed by atoms with Crippen molar-refractivity contribution < 1.29 is 9.59 Å². The summed E-state index contributed by atoms with van der Waals surface area (Å²) in [4.78, 5) is 30.1. The third kappa shape index (κ3) is 4.77. The second-order valence-electron chi connectivity index (χ2n) is 5.35. The lowest BCUT2D eigenvalue weighted by Gasteiger charge is -2.14. The first-order valence-electron chi connectivity index (χ1n) is 7.20. The van der Waals surface area contributed by atoms with Crippen LogP contribution in [0.15, 0.2) is 23.6 Å². The molecule has 2 rings (SSSR count). The van der Waals surface area contributed by atoms with Crippen molar-refractivity contribution in [2.24, 2.45) is 5.73 Å². The zero-order chi connectivity index (χ0) is 17.0. The van der Waals surface area contributed by atoms with E-state index in [0.29, 0.717) is 29.9 Å². The number of benzene rings is 1. The highest BCUT2D eigenvalue weighted by molar-refractivity contribution is 7.09. The monoisotopic (exact) mass is 368 g/mol. The first-order valence-corrected chi connectivity index (χ1v) is 8.08. The number of aryl methyl sites for hydroxylation is 1. The van der Waals surface area contributed by atoms with Gasteiger partial charge in [0.05, 0.1) is 5.01 Å². The SMILES string of the molecule is Cc1ccc(NC(=O)c2csc(CCN)n2)cc1C(=O)N(C)C.Cl. The summed E-state index contributed by atoms with van der Waals surface area (Å²) >= 11 is 1.41. The summed E-state index contributed by atoms with van der Waals surface area (Å²) in [5, 5.41) is 5.33. The predicted octanol–water partition coefficient (Wildman–Crippen LogP) is 2.33. The fraction of sp³-hybridized carbons (Fsp3) is 0.312. The number of hydrogen-bond donors (Lipinski definition) is 2. The lowest BCUT2D eigenvalue weighted by atomic mass is 10.1. The van der Waals surface area contributed by atoms with Crippen molar-refractivity contribution in [2.45, 2.75) is 13.3 Å². The Morgan fingerprint density at radius 2 is 2.04 bits per heavy atom. The molecule has 1 aromatic carbocycles. The number of halogens is 1. The normalized spacial score (nSPS) is 10.0. The van der Waals surface area contributed by atoms with Crippen LogP contribution >= 0.6 is 23.7 Å². The van der Waals surface area contributed by atoms with Crippen molar-refractivity contribution in [1.29, 1.82) is 0 Å². The van der Waals surface area contributed by atoms with Crippen molar-refractivity contribution in [3.8, 4) is 0 Å². The number of carbonyl (C=O) groups is 2. The van der Waals surface area contributed by atoms with Gasteiger partial charge in [-0.1, -0.05) is 6.07 Å². The molecule has 0 fully saturated rings. The van der Waals surface area contributed by atoms with Crippen LogP contribution in [-0.4, -0.2) is 42.3 Å². The van der Waals surface area contributed by atoms with Crippen molar-refractivity contribution >= 4 is 41.2 Å². The van der Waals surface area contributed by atoms with Crippen LogP contribution in [0.4, 0.5) is 5.69 Å². The van der Waals surface area contributed by atoms with Crippen molar-refractivity contribution in [3.63, 3.8) is 0 Å². The van der Waals surface area contributed by atoms with E-state index in [1.807, 2.05) is 13.0 Å². The van der Waals surface area contributed by atoms with Gasteiger partial charge in [0.2, 0.25) is 0 Å². The zero-order valence-electron chi connectivity index (χ0n) is 13.8. The molecule has 1 heterocycles. The molecule has 2 aromatic rings. The van der Waals surface area contributed by atoms with Crippen molar-refractivity contribution in [3.05, 3.63) is 45.4 Å². The summed E-state index contributed by atoms with van der Waals surface area (Å²) in [6.07, 6.45) is 0.657. The number of carbonyl (C=O) groups excluding carboxylic acids is 2. The molecule has 0 spiro atoms. The van der Waals surface area contributed by atoms with Gasteiger partial charge in [-0.05, 0) is 31.2 Å². The minimum atomic E-state index is -0.295. The van der Waals surface area contributed by atoms with Crippen LogP contribution in [0.1, 0.15) is 31.4 Å². The second kappa shape index (κ2) is 8.77. The molecule has 0 atom stereocenters. The topological polar surface area (TPSA) is 88.3 Å². The molecule has 6 nitrogen and oxygen atoms in total. The molecule has 0 radical (unpaired) electrons. The molecule has 8 heteroatoms. The maximum Gasteiger partial charge on any atom is 0.275 e. The molecule has 0 aliphatic rings. The van der Waals surface area contributed by atoms with Gasteiger partial charge in [-0.3, -0.25) is 9.59 Å². The second-order valence-corrected chi connectivity index (χ2v) is 6.29. The Labute approximate surface area is 151 Å². The Kier molecular flexibility index (Phi) is 7.34. The molecule has 24 heavy (non-hydrogen) atoms. The van der Waals surface area contributed by atoms with Gasteiger partial charge in [-0.2, -0.15) is 0 Å². The maximum atomic E-state index is 12.2. The Bertz CT molecular complexity index is 731. The molecule has 0 bridgehead atoms. The fourth-order valence-electron chi connectivity index (χ4n) is 2.02. The molecule has 1 aromatic heterocycles. The van der Waals surface area contributed by atoms with E-state index in [1.165, 1.54) is 16.2 Å². The predicted molar refractivity (Wildman–Crippen MR) is 99.3 cm³/mol. The summed E-state index contributed by atoms with van der Waals surface area (Å²) in [6, 6.07) is 5.27. The zero-order valence-corrected chi connectivity index (χ0v) is 15.5. The number of nitrogens with zero attached hydrogens (tertiary/aromatic N) is 2. The molecule has 130 valence electrons. The number of hydrogen-bond acceptors (Lipinski definition) is 5. The Morgan fingerprint density at radius 1 is 1.33 bits per heavy atom. The van der Waals surface area contributed by atoms with E-state index in [1.54, 1.807) is 31.6 Å². The van der Waals surface area contributed by atoms with Gasteiger partial charge in [-0.15, -0.1) is 23.7 Å². The first-order chi connectivity index (χ1) is 10.9. The maximum absolute atomic E-state index is 12.2. The van der Waals surface area contributed by atoms with Crippen molar-refractivity contribution in [2.75, 3.05) is 26.0 Å². The quantitative estimate of drug-likeness (QED) is 0.847. The van der Waals surface area contributed by atoms with Gasteiger partial charge < -0.3 is 16.0 Å². The Hall–Kier alpha value is -1.96. The average Bonchev–Trinajstić information content (AvgIpc) is 2.97. The Balaban J connectivity index is 0.00000288. The van der Waals surface area contributed by atoms with Gasteiger partial charge in [0.1, 0.15) is 5.69 Å². The number of aromatic nitrogens is 1. The number of nitrogens with one attached hydrogen (secondary N) is 1. The van der Waals surface area contributed by atoms with Crippen LogP contribution in [0, 0.1) is 6.92 Å². The van der Waals surface area contributed by atoms with Gasteiger partial charge in [0, 0.05) is 37.1 Å². The molecular formula is C16H21ClN4O2S. The highest BCUT2D eigenvalue weighted by atomic mass is 35.5.